The highest BCUT2D eigenvalue weighted by Gasteiger charge is 2.20. The van der Waals surface area contributed by atoms with Crippen LogP contribution in [0.15, 0.2) is 70.8 Å². The molecule has 0 unspecified atom stereocenters. The Hall–Kier alpha value is -5.92. The fraction of sp³-hybridized carbons (Fsp3) is 0. The zero-order chi connectivity index (χ0) is 26.0. The van der Waals surface area contributed by atoms with E-state index in [-0.39, 0.29) is 11.1 Å². The van der Waals surface area contributed by atoms with Crippen molar-refractivity contribution in [1.29, 1.82) is 0 Å². The maximum atomic E-state index is 13.7. The van der Waals surface area contributed by atoms with Crippen LogP contribution >= 0.6 is 0 Å². The Morgan fingerprint density at radius 3 is 1.37 bits per heavy atom. The minimum Gasteiger partial charge on any atom is -0.290 e. The Kier molecular flexibility index (Phi) is 4.38. The van der Waals surface area contributed by atoms with Crippen LogP contribution in [-0.2, 0) is 0 Å². The molecular formula is C24H16N12O2. The first kappa shape index (κ1) is 21.4. The van der Waals surface area contributed by atoms with Crippen LogP contribution in [-0.4, -0.2) is 60.0 Å². The first-order valence-electron chi connectivity index (χ1n) is 11.3. The molecular weight excluding hydrogens is 488 g/mol. The number of fused-ring (bicyclic) bond motifs is 2. The van der Waals surface area contributed by atoms with Crippen LogP contribution in [0.3, 0.4) is 0 Å². The van der Waals surface area contributed by atoms with Gasteiger partial charge in [-0.25, -0.2) is 9.36 Å². The first-order chi connectivity index (χ1) is 18.5. The third kappa shape index (κ3) is 2.87. The standard InChI is InChI=1S/C24H16N12O2/c1-13-19-22(28-35(23(19)37)17-9-5-3-7-15(17)33-11-25-29-31-33)14(2)20-21(13)27-36(24(20)38)18-10-6-4-8-16(18)34-12-26-30-32-34/h3-12,27-28H,1-2H2. The number of benzene rings is 3. The summed E-state index contributed by atoms with van der Waals surface area (Å²) < 4.78 is 5.65. The molecule has 0 spiro atoms. The Morgan fingerprint density at radius 2 is 1.00 bits per heavy atom. The van der Waals surface area contributed by atoms with E-state index in [9.17, 15) is 9.59 Å². The first-order valence-corrected chi connectivity index (χ1v) is 11.3. The van der Waals surface area contributed by atoms with Gasteiger partial charge in [-0.1, -0.05) is 37.4 Å². The van der Waals surface area contributed by atoms with E-state index in [4.69, 9.17) is 0 Å². The van der Waals surface area contributed by atoms with Gasteiger partial charge in [-0.05, 0) is 45.1 Å². The molecule has 4 aromatic heterocycles. The van der Waals surface area contributed by atoms with Crippen LogP contribution < -0.4 is 21.6 Å². The number of rotatable bonds is 4. The van der Waals surface area contributed by atoms with Crippen molar-refractivity contribution in [3.8, 4) is 22.7 Å². The van der Waals surface area contributed by atoms with Crippen molar-refractivity contribution in [2.45, 2.75) is 0 Å². The Balaban J connectivity index is 1.51. The lowest BCUT2D eigenvalue weighted by molar-refractivity contribution is 0.769. The van der Waals surface area contributed by atoms with Gasteiger partial charge in [0.25, 0.3) is 11.1 Å². The molecule has 0 saturated carbocycles. The zero-order valence-electron chi connectivity index (χ0n) is 19.5. The van der Waals surface area contributed by atoms with Crippen molar-refractivity contribution < 1.29 is 0 Å². The van der Waals surface area contributed by atoms with Crippen LogP contribution in [0.5, 0.6) is 0 Å². The predicted molar refractivity (Wildman–Crippen MR) is 137 cm³/mol. The molecule has 0 aliphatic rings. The molecule has 0 aliphatic heterocycles. The van der Waals surface area contributed by atoms with E-state index in [1.54, 1.807) is 36.4 Å². The summed E-state index contributed by atoms with van der Waals surface area (Å²) in [4.78, 5) is 27.4. The molecule has 4 heterocycles. The van der Waals surface area contributed by atoms with Crippen LogP contribution in [0.4, 0.5) is 0 Å². The second-order valence-electron chi connectivity index (χ2n) is 8.45. The quantitative estimate of drug-likeness (QED) is 0.331. The SMILES string of the molecule is C=c1c2[nH]n(-c3ccccc3-n3cnnn3)c(=O)c2c(=C)c2[nH]n(-c3ccccc3-n3cnnn3)c(=O)c12. The summed E-state index contributed by atoms with van der Waals surface area (Å²) in [5.74, 6) is 0. The predicted octanol–water partition coefficient (Wildman–Crippen LogP) is -0.277. The number of tetrazole rings is 2. The lowest BCUT2D eigenvalue weighted by atomic mass is 10.1. The summed E-state index contributed by atoms with van der Waals surface area (Å²) in [6.07, 6.45) is 2.87. The highest BCUT2D eigenvalue weighted by molar-refractivity contribution is 5.96. The van der Waals surface area contributed by atoms with E-state index in [0.29, 0.717) is 55.0 Å². The van der Waals surface area contributed by atoms with E-state index >= 15 is 0 Å². The van der Waals surface area contributed by atoms with Crippen LogP contribution in [0.2, 0.25) is 0 Å². The van der Waals surface area contributed by atoms with Crippen LogP contribution in [0, 0.1) is 0 Å². The van der Waals surface area contributed by atoms with Crippen molar-refractivity contribution in [3.63, 3.8) is 0 Å². The lowest BCUT2D eigenvalue weighted by Crippen LogP contribution is -2.22. The number of aromatic amines is 2. The number of hydrogen-bond donors (Lipinski definition) is 2. The van der Waals surface area contributed by atoms with Crippen molar-refractivity contribution in [1.82, 2.24) is 60.0 Å². The van der Waals surface area contributed by atoms with Gasteiger partial charge in [0.1, 0.15) is 12.7 Å². The normalized spacial score (nSPS) is 11.6. The molecule has 2 N–H and O–H groups in total. The number of para-hydroxylation sites is 4. The molecule has 0 aliphatic carbocycles. The fourth-order valence-corrected chi connectivity index (χ4v) is 4.70. The summed E-state index contributed by atoms with van der Waals surface area (Å²) in [5.41, 5.74) is 2.25. The van der Waals surface area contributed by atoms with Gasteiger partial charge in [0, 0.05) is 10.4 Å². The number of hydrogen-bond acceptors (Lipinski definition) is 8. The molecule has 14 heteroatoms. The second-order valence-corrected chi connectivity index (χ2v) is 8.45. The number of aromatic nitrogens is 12. The van der Waals surface area contributed by atoms with E-state index in [0.717, 1.165) is 0 Å². The van der Waals surface area contributed by atoms with Crippen molar-refractivity contribution in [2.24, 2.45) is 0 Å². The molecule has 0 atom stereocenters. The van der Waals surface area contributed by atoms with E-state index in [2.05, 4.69) is 54.4 Å². The largest absolute Gasteiger partial charge is 0.290 e. The van der Waals surface area contributed by atoms with Gasteiger partial charge in [-0.3, -0.25) is 19.8 Å². The van der Waals surface area contributed by atoms with Crippen molar-refractivity contribution in [2.75, 3.05) is 0 Å². The molecule has 184 valence electrons. The summed E-state index contributed by atoms with van der Waals surface area (Å²) in [7, 11) is 0. The molecule has 38 heavy (non-hydrogen) atoms. The highest BCUT2D eigenvalue weighted by Crippen LogP contribution is 2.19. The van der Waals surface area contributed by atoms with Crippen LogP contribution in [0.1, 0.15) is 0 Å². The van der Waals surface area contributed by atoms with Gasteiger partial charge < -0.3 is 0 Å². The summed E-state index contributed by atoms with van der Waals surface area (Å²) in [6.45, 7) is 8.32. The third-order valence-corrected chi connectivity index (χ3v) is 6.43. The molecule has 14 nitrogen and oxygen atoms in total. The van der Waals surface area contributed by atoms with Crippen LogP contribution in [0.25, 0.3) is 57.7 Å². The minimum atomic E-state index is -0.361. The molecule has 7 aromatic rings. The molecule has 3 aromatic carbocycles. The molecule has 0 radical (unpaired) electrons. The summed E-state index contributed by atoms with van der Waals surface area (Å²) >= 11 is 0. The smallest absolute Gasteiger partial charge is 0.279 e. The van der Waals surface area contributed by atoms with Gasteiger partial charge in [-0.2, -0.15) is 9.36 Å². The van der Waals surface area contributed by atoms with E-state index in [1.807, 2.05) is 12.1 Å². The maximum absolute atomic E-state index is 13.7. The number of nitrogens with zero attached hydrogens (tertiary/aromatic N) is 10. The Bertz CT molecular complexity index is 2060. The van der Waals surface area contributed by atoms with E-state index in [1.165, 1.54) is 31.4 Å². The number of nitrogens with one attached hydrogen (secondary N) is 2. The monoisotopic (exact) mass is 504 g/mol. The molecule has 0 saturated heterocycles. The third-order valence-electron chi connectivity index (χ3n) is 6.43. The fourth-order valence-electron chi connectivity index (χ4n) is 4.70. The van der Waals surface area contributed by atoms with Gasteiger partial charge in [-0.15, -0.1) is 10.2 Å². The van der Waals surface area contributed by atoms with Crippen molar-refractivity contribution in [3.05, 3.63) is 92.3 Å². The van der Waals surface area contributed by atoms with E-state index < -0.39 is 0 Å². The second kappa shape index (κ2) is 7.79. The highest BCUT2D eigenvalue weighted by atomic mass is 16.1. The maximum Gasteiger partial charge on any atom is 0.279 e. The molecule has 0 amide bonds. The van der Waals surface area contributed by atoms with Gasteiger partial charge in [0.05, 0.1) is 44.6 Å². The summed E-state index contributed by atoms with van der Waals surface area (Å²) in [6, 6.07) is 14.3. The minimum absolute atomic E-state index is 0.302. The number of H-pyrrole nitrogens is 2. The average molecular weight is 504 g/mol. The van der Waals surface area contributed by atoms with Gasteiger partial charge in [0.15, 0.2) is 0 Å². The molecule has 0 fully saturated rings. The topological polar surface area (TPSA) is 163 Å². The lowest BCUT2D eigenvalue weighted by Gasteiger charge is -2.08. The zero-order valence-corrected chi connectivity index (χ0v) is 19.5. The Morgan fingerprint density at radius 1 is 0.605 bits per heavy atom. The van der Waals surface area contributed by atoms with Gasteiger partial charge in [0.2, 0.25) is 0 Å². The summed E-state index contributed by atoms with van der Waals surface area (Å²) in [5, 5.41) is 30.2. The van der Waals surface area contributed by atoms with Gasteiger partial charge >= 0.3 is 0 Å². The van der Waals surface area contributed by atoms with Crippen molar-refractivity contribution >= 4 is 35.0 Å². The molecule has 0 bridgehead atoms. The Labute approximate surface area is 210 Å². The molecule has 7 rings (SSSR count). The average Bonchev–Trinajstić information content (AvgIpc) is 3.75.